The molecule has 0 aromatic carbocycles. The number of ether oxygens (including phenoxy) is 1. The van der Waals surface area contributed by atoms with Gasteiger partial charge in [0.15, 0.2) is 0 Å². The second-order valence-electron chi connectivity index (χ2n) is 4.75. The van der Waals surface area contributed by atoms with Crippen LogP contribution in [0.4, 0.5) is 0 Å². The molecule has 3 heteroatoms. The van der Waals surface area contributed by atoms with Crippen LogP contribution in [0.2, 0.25) is 0 Å². The van der Waals surface area contributed by atoms with Gasteiger partial charge in [0.05, 0.1) is 6.10 Å². The summed E-state index contributed by atoms with van der Waals surface area (Å²) in [6.45, 7) is 12.9. The van der Waals surface area contributed by atoms with E-state index in [1.165, 1.54) is 19.5 Å². The maximum Gasteiger partial charge on any atom is 0.0671 e. The van der Waals surface area contributed by atoms with Crippen LogP contribution in [0.25, 0.3) is 0 Å². The zero-order valence-corrected chi connectivity index (χ0v) is 10.6. The molecule has 0 aromatic heterocycles. The highest BCUT2D eigenvalue weighted by Crippen LogP contribution is 2.12. The summed E-state index contributed by atoms with van der Waals surface area (Å²) in [6, 6.07) is 1.34. The summed E-state index contributed by atoms with van der Waals surface area (Å²) >= 11 is 0. The molecule has 1 aliphatic rings. The minimum atomic E-state index is 0.336. The Kier molecular flexibility index (Phi) is 5.58. The Bertz CT molecular complexity index is 173. The zero-order chi connectivity index (χ0) is 11.3. The molecule has 1 saturated heterocycles. The second kappa shape index (κ2) is 6.46. The van der Waals surface area contributed by atoms with Gasteiger partial charge in [-0.15, -0.1) is 0 Å². The third kappa shape index (κ3) is 4.49. The van der Waals surface area contributed by atoms with Gasteiger partial charge < -0.3 is 10.1 Å². The summed E-state index contributed by atoms with van der Waals surface area (Å²) in [5, 5.41) is 3.58. The fraction of sp³-hybridized carbons (Fsp3) is 1.00. The molecule has 2 unspecified atom stereocenters. The van der Waals surface area contributed by atoms with Crippen LogP contribution < -0.4 is 5.32 Å². The molecule has 1 heterocycles. The predicted molar refractivity (Wildman–Crippen MR) is 64.2 cm³/mol. The van der Waals surface area contributed by atoms with Crippen LogP contribution in [0.1, 0.15) is 34.1 Å². The SMILES string of the molecule is CCOC(C)CNC1CCN(C(C)C)C1. The van der Waals surface area contributed by atoms with E-state index in [2.05, 4.69) is 31.0 Å². The monoisotopic (exact) mass is 214 g/mol. The van der Waals surface area contributed by atoms with Crippen molar-refractivity contribution >= 4 is 0 Å². The van der Waals surface area contributed by atoms with Crippen LogP contribution >= 0.6 is 0 Å². The number of likely N-dealkylation sites (tertiary alicyclic amines) is 1. The third-order valence-corrected chi connectivity index (χ3v) is 3.10. The van der Waals surface area contributed by atoms with Gasteiger partial charge in [-0.3, -0.25) is 4.90 Å². The molecule has 15 heavy (non-hydrogen) atoms. The van der Waals surface area contributed by atoms with E-state index in [9.17, 15) is 0 Å². The molecular formula is C12H26N2O. The van der Waals surface area contributed by atoms with E-state index in [1.807, 2.05) is 6.92 Å². The Balaban J connectivity index is 2.13. The molecule has 0 aromatic rings. The minimum Gasteiger partial charge on any atom is -0.377 e. The first-order valence-corrected chi connectivity index (χ1v) is 6.22. The maximum atomic E-state index is 5.50. The van der Waals surface area contributed by atoms with Crippen molar-refractivity contribution in [1.29, 1.82) is 0 Å². The van der Waals surface area contributed by atoms with Crippen LogP contribution in [-0.2, 0) is 4.74 Å². The second-order valence-corrected chi connectivity index (χ2v) is 4.75. The molecule has 0 amide bonds. The Morgan fingerprint density at radius 3 is 2.67 bits per heavy atom. The van der Waals surface area contributed by atoms with Crippen LogP contribution in [0.3, 0.4) is 0 Å². The molecule has 1 fully saturated rings. The molecule has 0 radical (unpaired) electrons. The van der Waals surface area contributed by atoms with Crippen LogP contribution in [-0.4, -0.2) is 49.3 Å². The van der Waals surface area contributed by atoms with E-state index in [0.717, 1.165) is 13.2 Å². The molecule has 1 N–H and O–H groups in total. The number of hydrogen-bond donors (Lipinski definition) is 1. The summed E-state index contributed by atoms with van der Waals surface area (Å²) < 4.78 is 5.50. The van der Waals surface area contributed by atoms with Crippen LogP contribution in [0.5, 0.6) is 0 Å². The van der Waals surface area contributed by atoms with Crippen LogP contribution in [0, 0.1) is 0 Å². The van der Waals surface area contributed by atoms with Gasteiger partial charge >= 0.3 is 0 Å². The van der Waals surface area contributed by atoms with Gasteiger partial charge in [0, 0.05) is 31.8 Å². The molecule has 90 valence electrons. The first-order chi connectivity index (χ1) is 7.13. The molecule has 1 rings (SSSR count). The van der Waals surface area contributed by atoms with Crippen molar-refractivity contribution in [3.8, 4) is 0 Å². The molecule has 0 spiro atoms. The number of nitrogens with one attached hydrogen (secondary N) is 1. The predicted octanol–water partition coefficient (Wildman–Crippen LogP) is 1.48. The maximum absolute atomic E-state index is 5.50. The van der Waals surface area contributed by atoms with Gasteiger partial charge in [-0.2, -0.15) is 0 Å². The Morgan fingerprint density at radius 1 is 1.40 bits per heavy atom. The van der Waals surface area contributed by atoms with Crippen molar-refractivity contribution < 1.29 is 4.74 Å². The van der Waals surface area contributed by atoms with Gasteiger partial charge in [0.25, 0.3) is 0 Å². The largest absolute Gasteiger partial charge is 0.377 e. The van der Waals surface area contributed by atoms with Crippen molar-refractivity contribution in [2.24, 2.45) is 0 Å². The van der Waals surface area contributed by atoms with Crippen molar-refractivity contribution in [3.05, 3.63) is 0 Å². The summed E-state index contributed by atoms with van der Waals surface area (Å²) in [7, 11) is 0. The highest BCUT2D eigenvalue weighted by atomic mass is 16.5. The highest BCUT2D eigenvalue weighted by Gasteiger charge is 2.23. The standard InChI is InChI=1S/C12H26N2O/c1-5-15-11(4)8-13-12-6-7-14(9-12)10(2)3/h10-13H,5-9H2,1-4H3. The van der Waals surface area contributed by atoms with E-state index in [4.69, 9.17) is 4.74 Å². The fourth-order valence-electron chi connectivity index (χ4n) is 2.10. The van der Waals surface area contributed by atoms with Crippen LogP contribution in [0.15, 0.2) is 0 Å². The Hall–Kier alpha value is -0.120. The van der Waals surface area contributed by atoms with E-state index in [-0.39, 0.29) is 0 Å². The lowest BCUT2D eigenvalue weighted by Gasteiger charge is -2.21. The lowest BCUT2D eigenvalue weighted by Crippen LogP contribution is -2.38. The van der Waals surface area contributed by atoms with E-state index < -0.39 is 0 Å². The first kappa shape index (κ1) is 12.9. The quantitative estimate of drug-likeness (QED) is 0.725. The van der Waals surface area contributed by atoms with Gasteiger partial charge in [0.2, 0.25) is 0 Å². The minimum absolute atomic E-state index is 0.336. The molecule has 0 saturated carbocycles. The van der Waals surface area contributed by atoms with Gasteiger partial charge in [-0.1, -0.05) is 0 Å². The van der Waals surface area contributed by atoms with E-state index in [1.54, 1.807) is 0 Å². The summed E-state index contributed by atoms with van der Waals surface area (Å²) in [5.74, 6) is 0. The lowest BCUT2D eigenvalue weighted by atomic mass is 10.2. The van der Waals surface area contributed by atoms with Crippen molar-refractivity contribution in [2.75, 3.05) is 26.2 Å². The zero-order valence-electron chi connectivity index (χ0n) is 10.6. The average Bonchev–Trinajstić information content (AvgIpc) is 2.63. The fourth-order valence-corrected chi connectivity index (χ4v) is 2.10. The number of rotatable bonds is 6. The summed E-state index contributed by atoms with van der Waals surface area (Å²) in [6.07, 6.45) is 1.61. The summed E-state index contributed by atoms with van der Waals surface area (Å²) in [4.78, 5) is 2.53. The van der Waals surface area contributed by atoms with Gasteiger partial charge in [-0.05, 0) is 40.7 Å². The molecule has 3 nitrogen and oxygen atoms in total. The molecule has 1 aliphatic heterocycles. The number of nitrogens with zero attached hydrogens (tertiary/aromatic N) is 1. The Morgan fingerprint density at radius 2 is 2.13 bits per heavy atom. The normalized spacial score (nSPS) is 25.0. The molecule has 2 atom stereocenters. The van der Waals surface area contributed by atoms with Gasteiger partial charge in [-0.25, -0.2) is 0 Å². The molecule has 0 aliphatic carbocycles. The first-order valence-electron chi connectivity index (χ1n) is 6.22. The number of hydrogen-bond acceptors (Lipinski definition) is 3. The van der Waals surface area contributed by atoms with Crippen molar-refractivity contribution in [2.45, 2.75) is 52.3 Å². The average molecular weight is 214 g/mol. The Labute approximate surface area is 94.2 Å². The van der Waals surface area contributed by atoms with Crippen molar-refractivity contribution in [1.82, 2.24) is 10.2 Å². The smallest absolute Gasteiger partial charge is 0.0671 e. The van der Waals surface area contributed by atoms with Gasteiger partial charge in [0.1, 0.15) is 0 Å². The topological polar surface area (TPSA) is 24.5 Å². The summed E-state index contributed by atoms with van der Waals surface area (Å²) in [5.41, 5.74) is 0. The van der Waals surface area contributed by atoms with E-state index in [0.29, 0.717) is 18.2 Å². The van der Waals surface area contributed by atoms with E-state index >= 15 is 0 Å². The molecule has 0 bridgehead atoms. The van der Waals surface area contributed by atoms with Crippen molar-refractivity contribution in [3.63, 3.8) is 0 Å². The highest BCUT2D eigenvalue weighted by molar-refractivity contribution is 4.83. The lowest BCUT2D eigenvalue weighted by molar-refractivity contribution is 0.0740. The third-order valence-electron chi connectivity index (χ3n) is 3.10. The molecular weight excluding hydrogens is 188 g/mol.